The Morgan fingerprint density at radius 2 is 2.12 bits per heavy atom. The van der Waals surface area contributed by atoms with Gasteiger partial charge in [0.1, 0.15) is 10.8 Å². The third kappa shape index (κ3) is 3.77. The van der Waals surface area contributed by atoms with Crippen molar-refractivity contribution in [1.82, 2.24) is 14.9 Å². The molecule has 5 heteroatoms. The highest BCUT2D eigenvalue weighted by Gasteiger charge is 2.12. The van der Waals surface area contributed by atoms with Crippen LogP contribution in [0.4, 0.5) is 0 Å². The lowest BCUT2D eigenvalue weighted by Crippen LogP contribution is -2.28. The van der Waals surface area contributed by atoms with Gasteiger partial charge in [0.15, 0.2) is 0 Å². The van der Waals surface area contributed by atoms with Crippen LogP contribution >= 0.6 is 11.6 Å². The Labute approximate surface area is 101 Å². The molecule has 0 N–H and O–H groups in total. The molecule has 0 aliphatic carbocycles. The molecule has 88 valence electrons. The smallest absolute Gasteiger partial charge is 0.273 e. The summed E-state index contributed by atoms with van der Waals surface area (Å²) in [7, 11) is 1.77. The van der Waals surface area contributed by atoms with E-state index in [0.29, 0.717) is 10.8 Å². The Bertz CT molecular complexity index is 340. The molecule has 1 heterocycles. The number of carbonyl (C=O) groups is 1. The van der Waals surface area contributed by atoms with Crippen molar-refractivity contribution in [2.75, 3.05) is 13.6 Å². The minimum atomic E-state index is -0.111. The van der Waals surface area contributed by atoms with Crippen LogP contribution in [0.5, 0.6) is 0 Å². The van der Waals surface area contributed by atoms with Crippen LogP contribution in [0.2, 0.25) is 5.15 Å². The molecule has 16 heavy (non-hydrogen) atoms. The Balaban J connectivity index is 2.53. The van der Waals surface area contributed by atoms with Crippen molar-refractivity contribution >= 4 is 17.5 Å². The van der Waals surface area contributed by atoms with Gasteiger partial charge in [-0.15, -0.1) is 0 Å². The monoisotopic (exact) mass is 241 g/mol. The lowest BCUT2D eigenvalue weighted by Gasteiger charge is -2.15. The van der Waals surface area contributed by atoms with Crippen LogP contribution in [0, 0.1) is 0 Å². The molecule has 0 aliphatic rings. The Morgan fingerprint density at radius 3 is 2.69 bits per heavy atom. The summed E-state index contributed by atoms with van der Waals surface area (Å²) in [6.45, 7) is 2.88. The molecule has 0 unspecified atom stereocenters. The molecule has 0 radical (unpaired) electrons. The number of hydrogen-bond acceptors (Lipinski definition) is 3. The first-order valence-electron chi connectivity index (χ1n) is 5.38. The topological polar surface area (TPSA) is 46.1 Å². The maximum atomic E-state index is 11.8. The summed E-state index contributed by atoms with van der Waals surface area (Å²) in [5, 5.41) is 0.296. The van der Waals surface area contributed by atoms with Crippen LogP contribution in [0.15, 0.2) is 12.4 Å². The zero-order chi connectivity index (χ0) is 12.0. The molecular formula is C11H16ClN3O. The van der Waals surface area contributed by atoms with Crippen molar-refractivity contribution in [3.63, 3.8) is 0 Å². The first-order valence-corrected chi connectivity index (χ1v) is 5.76. The molecule has 0 spiro atoms. The first kappa shape index (κ1) is 12.9. The van der Waals surface area contributed by atoms with Crippen molar-refractivity contribution in [3.8, 4) is 0 Å². The molecule has 0 bridgehead atoms. The maximum Gasteiger partial charge on any atom is 0.273 e. The summed E-state index contributed by atoms with van der Waals surface area (Å²) in [4.78, 5) is 21.3. The normalized spacial score (nSPS) is 10.2. The van der Waals surface area contributed by atoms with Crippen molar-refractivity contribution in [2.45, 2.75) is 26.2 Å². The van der Waals surface area contributed by atoms with Crippen LogP contribution in [-0.2, 0) is 0 Å². The highest BCUT2D eigenvalue weighted by atomic mass is 35.5. The molecule has 0 saturated carbocycles. The second kappa shape index (κ2) is 6.43. The Kier molecular flexibility index (Phi) is 5.19. The van der Waals surface area contributed by atoms with Gasteiger partial charge < -0.3 is 4.90 Å². The number of halogens is 1. The molecule has 0 fully saturated rings. The van der Waals surface area contributed by atoms with E-state index in [1.54, 1.807) is 11.9 Å². The lowest BCUT2D eigenvalue weighted by molar-refractivity contribution is 0.0786. The number of aromatic nitrogens is 2. The number of unbranched alkanes of at least 4 members (excludes halogenated alkanes) is 2. The van der Waals surface area contributed by atoms with Gasteiger partial charge in [0.05, 0.1) is 12.4 Å². The second-order valence-electron chi connectivity index (χ2n) is 3.66. The molecule has 0 aromatic carbocycles. The fourth-order valence-corrected chi connectivity index (χ4v) is 1.42. The number of amides is 1. The zero-order valence-electron chi connectivity index (χ0n) is 9.61. The lowest BCUT2D eigenvalue weighted by atomic mass is 10.2. The highest BCUT2D eigenvalue weighted by Crippen LogP contribution is 2.05. The molecule has 1 rings (SSSR count). The largest absolute Gasteiger partial charge is 0.340 e. The second-order valence-corrected chi connectivity index (χ2v) is 4.05. The van der Waals surface area contributed by atoms with Crippen LogP contribution < -0.4 is 0 Å². The van der Waals surface area contributed by atoms with Gasteiger partial charge >= 0.3 is 0 Å². The third-order valence-corrected chi connectivity index (χ3v) is 2.48. The van der Waals surface area contributed by atoms with Crippen molar-refractivity contribution in [1.29, 1.82) is 0 Å². The number of nitrogens with zero attached hydrogens (tertiary/aromatic N) is 3. The Morgan fingerprint density at radius 1 is 1.38 bits per heavy atom. The predicted molar refractivity (Wildman–Crippen MR) is 63.5 cm³/mol. The van der Waals surface area contributed by atoms with Crippen molar-refractivity contribution < 1.29 is 4.79 Å². The summed E-state index contributed by atoms with van der Waals surface area (Å²) >= 11 is 5.60. The van der Waals surface area contributed by atoms with Crippen LogP contribution in [0.25, 0.3) is 0 Å². The van der Waals surface area contributed by atoms with Crippen LogP contribution in [0.1, 0.15) is 36.7 Å². The SMILES string of the molecule is CCCCCN(C)C(=O)c1cnc(Cl)cn1. The molecule has 0 atom stereocenters. The number of rotatable bonds is 5. The quantitative estimate of drug-likeness (QED) is 0.744. The van der Waals surface area contributed by atoms with Crippen LogP contribution in [0.3, 0.4) is 0 Å². The summed E-state index contributed by atoms with van der Waals surface area (Å²) < 4.78 is 0. The standard InChI is InChI=1S/C11H16ClN3O/c1-3-4-5-6-15(2)11(16)9-7-14-10(12)8-13-9/h7-8H,3-6H2,1-2H3. The number of hydrogen-bond donors (Lipinski definition) is 0. The van der Waals surface area contributed by atoms with Crippen molar-refractivity contribution in [3.05, 3.63) is 23.2 Å². The minimum Gasteiger partial charge on any atom is -0.340 e. The van der Waals surface area contributed by atoms with E-state index in [9.17, 15) is 4.79 Å². The predicted octanol–water partition coefficient (Wildman–Crippen LogP) is 2.39. The van der Waals surface area contributed by atoms with Gasteiger partial charge in [-0.3, -0.25) is 4.79 Å². The van der Waals surface area contributed by atoms with E-state index in [4.69, 9.17) is 11.6 Å². The van der Waals surface area contributed by atoms with E-state index in [1.807, 2.05) is 0 Å². The molecule has 1 aromatic rings. The van der Waals surface area contributed by atoms with Gasteiger partial charge in [-0.25, -0.2) is 9.97 Å². The Hall–Kier alpha value is -1.16. The molecular weight excluding hydrogens is 226 g/mol. The molecule has 1 amide bonds. The molecule has 0 aliphatic heterocycles. The zero-order valence-corrected chi connectivity index (χ0v) is 10.4. The molecule has 1 aromatic heterocycles. The van der Waals surface area contributed by atoms with E-state index in [1.165, 1.54) is 12.4 Å². The highest BCUT2D eigenvalue weighted by molar-refractivity contribution is 6.29. The van der Waals surface area contributed by atoms with Crippen molar-refractivity contribution in [2.24, 2.45) is 0 Å². The first-order chi connectivity index (χ1) is 7.65. The molecule has 0 saturated heterocycles. The maximum absolute atomic E-state index is 11.8. The summed E-state index contributed by atoms with van der Waals surface area (Å²) in [5.74, 6) is -0.111. The minimum absolute atomic E-state index is 0.111. The van der Waals surface area contributed by atoms with Gasteiger partial charge in [0.25, 0.3) is 5.91 Å². The van der Waals surface area contributed by atoms with E-state index < -0.39 is 0 Å². The van der Waals surface area contributed by atoms with Gasteiger partial charge in [-0.1, -0.05) is 31.4 Å². The van der Waals surface area contributed by atoms with E-state index >= 15 is 0 Å². The van der Waals surface area contributed by atoms with E-state index in [0.717, 1.165) is 25.8 Å². The fraction of sp³-hybridized carbons (Fsp3) is 0.545. The average Bonchev–Trinajstić information content (AvgIpc) is 2.29. The summed E-state index contributed by atoms with van der Waals surface area (Å²) in [5.41, 5.74) is 0.336. The fourth-order valence-electron chi connectivity index (χ4n) is 1.32. The van der Waals surface area contributed by atoms with Gasteiger partial charge in [0.2, 0.25) is 0 Å². The summed E-state index contributed by atoms with van der Waals surface area (Å²) in [6.07, 6.45) is 6.07. The van der Waals surface area contributed by atoms with E-state index in [-0.39, 0.29) is 5.91 Å². The summed E-state index contributed by atoms with van der Waals surface area (Å²) in [6, 6.07) is 0. The third-order valence-electron chi connectivity index (χ3n) is 2.28. The van der Waals surface area contributed by atoms with Gasteiger partial charge in [-0.05, 0) is 6.42 Å². The van der Waals surface area contributed by atoms with Gasteiger partial charge in [-0.2, -0.15) is 0 Å². The number of carbonyl (C=O) groups excluding carboxylic acids is 1. The average molecular weight is 242 g/mol. The van der Waals surface area contributed by atoms with Crippen LogP contribution in [-0.4, -0.2) is 34.4 Å². The van der Waals surface area contributed by atoms with E-state index in [2.05, 4.69) is 16.9 Å². The molecule has 4 nitrogen and oxygen atoms in total. The van der Waals surface area contributed by atoms with Gasteiger partial charge in [0, 0.05) is 13.6 Å².